The standard InChI is InChI=1S/C15H20F2N2O/c16-13-7-10(8-14(17)15(13)20)9-18-11-3-5-19(6-4-11)12-1-2-12/h7-8,11-12,18,20H,1-6,9H2. The van der Waals surface area contributed by atoms with Crippen molar-refractivity contribution in [2.45, 2.75) is 44.3 Å². The van der Waals surface area contributed by atoms with Crippen molar-refractivity contribution < 1.29 is 13.9 Å². The maximum atomic E-state index is 13.2. The van der Waals surface area contributed by atoms with E-state index in [1.54, 1.807) is 0 Å². The summed E-state index contributed by atoms with van der Waals surface area (Å²) in [4.78, 5) is 2.54. The highest BCUT2D eigenvalue weighted by Crippen LogP contribution is 2.29. The summed E-state index contributed by atoms with van der Waals surface area (Å²) < 4.78 is 26.5. The molecule has 1 aromatic rings. The molecule has 0 atom stereocenters. The van der Waals surface area contributed by atoms with Crippen LogP contribution in [0.4, 0.5) is 8.78 Å². The maximum absolute atomic E-state index is 13.2. The number of piperidine rings is 1. The maximum Gasteiger partial charge on any atom is 0.187 e. The highest BCUT2D eigenvalue weighted by atomic mass is 19.1. The number of benzene rings is 1. The topological polar surface area (TPSA) is 35.5 Å². The Labute approximate surface area is 117 Å². The Hall–Kier alpha value is -1.20. The fraction of sp³-hybridized carbons (Fsp3) is 0.600. The van der Waals surface area contributed by atoms with Gasteiger partial charge in [-0.1, -0.05) is 0 Å². The lowest BCUT2D eigenvalue weighted by Gasteiger charge is -2.32. The lowest BCUT2D eigenvalue weighted by molar-refractivity contribution is 0.189. The molecule has 5 heteroatoms. The van der Waals surface area contributed by atoms with Crippen molar-refractivity contribution >= 4 is 0 Å². The van der Waals surface area contributed by atoms with Crippen molar-refractivity contribution in [3.63, 3.8) is 0 Å². The zero-order valence-electron chi connectivity index (χ0n) is 11.4. The molecule has 1 saturated heterocycles. The number of aromatic hydroxyl groups is 1. The minimum atomic E-state index is -0.898. The zero-order valence-corrected chi connectivity index (χ0v) is 11.4. The van der Waals surface area contributed by atoms with Crippen molar-refractivity contribution in [2.24, 2.45) is 0 Å². The molecule has 3 rings (SSSR count). The van der Waals surface area contributed by atoms with Gasteiger partial charge in [0.25, 0.3) is 0 Å². The number of hydrogen-bond acceptors (Lipinski definition) is 3. The van der Waals surface area contributed by atoms with Gasteiger partial charge in [-0.25, -0.2) is 8.78 Å². The normalized spacial score (nSPS) is 21.3. The van der Waals surface area contributed by atoms with Gasteiger partial charge in [0.1, 0.15) is 0 Å². The fourth-order valence-electron chi connectivity index (χ4n) is 2.89. The Kier molecular flexibility index (Phi) is 3.89. The molecule has 2 fully saturated rings. The van der Waals surface area contributed by atoms with Gasteiger partial charge in [0, 0.05) is 18.6 Å². The molecule has 110 valence electrons. The molecule has 3 nitrogen and oxygen atoms in total. The van der Waals surface area contributed by atoms with Crippen LogP contribution in [0, 0.1) is 11.6 Å². The Morgan fingerprint density at radius 2 is 1.70 bits per heavy atom. The first-order valence-corrected chi connectivity index (χ1v) is 7.28. The van der Waals surface area contributed by atoms with Crippen LogP contribution in [-0.2, 0) is 6.54 Å². The van der Waals surface area contributed by atoms with Crippen molar-refractivity contribution in [1.82, 2.24) is 10.2 Å². The molecule has 1 heterocycles. The third-order valence-corrected chi connectivity index (χ3v) is 4.26. The molecule has 20 heavy (non-hydrogen) atoms. The molecule has 2 aliphatic rings. The molecule has 1 aromatic carbocycles. The number of phenols is 1. The second-order valence-electron chi connectivity index (χ2n) is 5.83. The van der Waals surface area contributed by atoms with Crippen molar-refractivity contribution in [3.05, 3.63) is 29.3 Å². The van der Waals surface area contributed by atoms with Crippen LogP contribution in [0.15, 0.2) is 12.1 Å². The van der Waals surface area contributed by atoms with E-state index >= 15 is 0 Å². The number of phenolic OH excluding ortho intramolecular Hbond substituents is 1. The molecule has 1 aliphatic carbocycles. The van der Waals surface area contributed by atoms with Crippen molar-refractivity contribution in [2.75, 3.05) is 13.1 Å². The van der Waals surface area contributed by atoms with Gasteiger partial charge in [-0.15, -0.1) is 0 Å². The molecule has 0 unspecified atom stereocenters. The van der Waals surface area contributed by atoms with E-state index in [-0.39, 0.29) is 0 Å². The predicted molar refractivity (Wildman–Crippen MR) is 72.5 cm³/mol. The van der Waals surface area contributed by atoms with Crippen LogP contribution in [-0.4, -0.2) is 35.2 Å². The van der Waals surface area contributed by atoms with Gasteiger partial charge in [0.15, 0.2) is 17.4 Å². The molecule has 0 radical (unpaired) electrons. The summed E-state index contributed by atoms with van der Waals surface area (Å²) in [5, 5.41) is 12.4. The highest BCUT2D eigenvalue weighted by molar-refractivity contribution is 5.30. The van der Waals surface area contributed by atoms with E-state index in [1.165, 1.54) is 25.0 Å². The van der Waals surface area contributed by atoms with Gasteiger partial charge in [-0.05, 0) is 56.5 Å². The lowest BCUT2D eigenvalue weighted by Crippen LogP contribution is -2.43. The molecule has 0 spiro atoms. The third kappa shape index (κ3) is 3.10. The molecular weight excluding hydrogens is 262 g/mol. The van der Waals surface area contributed by atoms with E-state index in [1.807, 2.05) is 0 Å². The molecule has 0 amide bonds. The molecule has 0 aromatic heterocycles. The summed E-state index contributed by atoms with van der Waals surface area (Å²) in [7, 11) is 0. The van der Waals surface area contributed by atoms with Crippen LogP contribution in [0.25, 0.3) is 0 Å². The summed E-state index contributed by atoms with van der Waals surface area (Å²) in [5.74, 6) is -2.69. The van der Waals surface area contributed by atoms with E-state index in [0.717, 1.165) is 32.0 Å². The number of hydrogen-bond donors (Lipinski definition) is 2. The van der Waals surface area contributed by atoms with Crippen molar-refractivity contribution in [3.8, 4) is 5.75 Å². The number of rotatable bonds is 4. The first-order valence-electron chi connectivity index (χ1n) is 7.28. The highest BCUT2D eigenvalue weighted by Gasteiger charge is 2.31. The zero-order chi connectivity index (χ0) is 14.1. The second kappa shape index (κ2) is 5.66. The molecular formula is C15H20F2N2O. The summed E-state index contributed by atoms with van der Waals surface area (Å²) in [6, 6.07) is 3.59. The predicted octanol–water partition coefficient (Wildman–Crippen LogP) is 2.39. The smallest absolute Gasteiger partial charge is 0.187 e. The third-order valence-electron chi connectivity index (χ3n) is 4.26. The molecule has 0 bridgehead atoms. The largest absolute Gasteiger partial charge is 0.503 e. The van der Waals surface area contributed by atoms with E-state index < -0.39 is 17.4 Å². The van der Waals surface area contributed by atoms with Crippen LogP contribution < -0.4 is 5.32 Å². The average molecular weight is 282 g/mol. The monoisotopic (exact) mass is 282 g/mol. The summed E-state index contributed by atoms with van der Waals surface area (Å²) >= 11 is 0. The van der Waals surface area contributed by atoms with Gasteiger partial charge in [0.05, 0.1) is 0 Å². The SMILES string of the molecule is Oc1c(F)cc(CNC2CCN(C3CC3)CC2)cc1F. The minimum absolute atomic E-state index is 0.407. The Balaban J connectivity index is 1.50. The van der Waals surface area contributed by atoms with E-state index in [9.17, 15) is 8.78 Å². The van der Waals surface area contributed by atoms with Crippen molar-refractivity contribution in [1.29, 1.82) is 0 Å². The van der Waals surface area contributed by atoms with E-state index in [4.69, 9.17) is 5.11 Å². The van der Waals surface area contributed by atoms with Crippen LogP contribution in [0.1, 0.15) is 31.2 Å². The van der Waals surface area contributed by atoms with E-state index in [2.05, 4.69) is 10.2 Å². The quantitative estimate of drug-likeness (QED) is 0.890. The molecule has 1 aliphatic heterocycles. The van der Waals surface area contributed by atoms with Gasteiger partial charge >= 0.3 is 0 Å². The Bertz CT molecular complexity index is 460. The Morgan fingerprint density at radius 1 is 1.10 bits per heavy atom. The fourth-order valence-corrected chi connectivity index (χ4v) is 2.89. The number of nitrogens with one attached hydrogen (secondary N) is 1. The minimum Gasteiger partial charge on any atom is -0.503 e. The lowest BCUT2D eigenvalue weighted by atomic mass is 10.0. The molecule has 1 saturated carbocycles. The van der Waals surface area contributed by atoms with Crippen LogP contribution >= 0.6 is 0 Å². The summed E-state index contributed by atoms with van der Waals surface area (Å²) in [5.41, 5.74) is 0.530. The van der Waals surface area contributed by atoms with Crippen LogP contribution in [0.3, 0.4) is 0 Å². The summed E-state index contributed by atoms with van der Waals surface area (Å²) in [6.07, 6.45) is 4.84. The van der Waals surface area contributed by atoms with Gasteiger partial charge in [-0.2, -0.15) is 0 Å². The second-order valence-corrected chi connectivity index (χ2v) is 5.83. The average Bonchev–Trinajstić information content (AvgIpc) is 3.27. The summed E-state index contributed by atoms with van der Waals surface area (Å²) in [6.45, 7) is 2.66. The number of nitrogens with zero attached hydrogens (tertiary/aromatic N) is 1. The van der Waals surface area contributed by atoms with Gasteiger partial charge in [0.2, 0.25) is 0 Å². The first-order chi connectivity index (χ1) is 9.63. The van der Waals surface area contributed by atoms with Crippen LogP contribution in [0.2, 0.25) is 0 Å². The Morgan fingerprint density at radius 3 is 2.25 bits per heavy atom. The van der Waals surface area contributed by atoms with Gasteiger partial charge < -0.3 is 15.3 Å². The van der Waals surface area contributed by atoms with Gasteiger partial charge in [-0.3, -0.25) is 0 Å². The molecule has 2 N–H and O–H groups in total. The van der Waals surface area contributed by atoms with E-state index in [0.29, 0.717) is 18.2 Å². The first kappa shape index (κ1) is 13.8. The number of likely N-dealkylation sites (tertiary alicyclic amines) is 1. The number of halogens is 2. The van der Waals surface area contributed by atoms with Crippen LogP contribution in [0.5, 0.6) is 5.75 Å².